The van der Waals surface area contributed by atoms with E-state index in [-0.39, 0.29) is 5.41 Å². The Kier molecular flexibility index (Phi) is 6.57. The number of pyridine rings is 4. The zero-order valence-electron chi connectivity index (χ0n) is 29.5. The normalized spacial score (nSPS) is 26.3. The fourth-order valence-corrected chi connectivity index (χ4v) is 11.0. The second-order valence-corrected chi connectivity index (χ2v) is 16.9. The number of hydrogen-bond donors (Lipinski definition) is 0. The van der Waals surface area contributed by atoms with Gasteiger partial charge in [0.15, 0.2) is 0 Å². The van der Waals surface area contributed by atoms with Crippen LogP contribution in [0.1, 0.15) is 97.6 Å². The third kappa shape index (κ3) is 4.43. The van der Waals surface area contributed by atoms with Crippen molar-refractivity contribution in [1.82, 2.24) is 19.9 Å². The lowest BCUT2D eigenvalue weighted by atomic mass is 9.44. The number of rotatable bonds is 6. The van der Waals surface area contributed by atoms with Gasteiger partial charge in [0, 0.05) is 24.8 Å². The summed E-state index contributed by atoms with van der Waals surface area (Å²) < 4.78 is 0. The van der Waals surface area contributed by atoms with E-state index in [0.717, 1.165) is 35.6 Å². The summed E-state index contributed by atoms with van der Waals surface area (Å²) in [6.07, 6.45) is 12.7. The maximum atomic E-state index is 4.95. The van der Waals surface area contributed by atoms with Gasteiger partial charge >= 0.3 is 0 Å². The minimum absolute atomic E-state index is 0.284. The Morgan fingerprint density at radius 2 is 1.12 bits per heavy atom. The summed E-state index contributed by atoms with van der Waals surface area (Å²) in [5, 5.41) is 2.75. The second kappa shape index (κ2) is 10.9. The van der Waals surface area contributed by atoms with Crippen molar-refractivity contribution in [3.8, 4) is 22.8 Å². The molecule has 6 atom stereocenters. The lowest BCUT2D eigenvalue weighted by molar-refractivity contribution is -0.00589. The summed E-state index contributed by atoms with van der Waals surface area (Å²) in [7, 11) is 0. The highest BCUT2D eigenvalue weighted by Gasteiger charge is 2.58. The first-order valence-corrected chi connectivity index (χ1v) is 18.6. The van der Waals surface area contributed by atoms with Gasteiger partial charge in [-0.05, 0) is 153 Å². The van der Waals surface area contributed by atoms with Crippen LogP contribution < -0.4 is 0 Å². The molecule has 2 fully saturated rings. The van der Waals surface area contributed by atoms with Crippen molar-refractivity contribution in [2.24, 2.45) is 22.7 Å². The van der Waals surface area contributed by atoms with Gasteiger partial charge < -0.3 is 0 Å². The first kappa shape index (κ1) is 30.2. The Morgan fingerprint density at radius 3 is 1.66 bits per heavy atom. The van der Waals surface area contributed by atoms with Gasteiger partial charge in [-0.1, -0.05) is 76.2 Å². The Bertz CT molecular complexity index is 2270. The van der Waals surface area contributed by atoms with Gasteiger partial charge in [0.05, 0.1) is 22.8 Å². The monoisotopic (exact) mass is 652 g/mol. The topological polar surface area (TPSA) is 51.6 Å². The van der Waals surface area contributed by atoms with E-state index in [1.54, 1.807) is 0 Å². The summed E-state index contributed by atoms with van der Waals surface area (Å²) in [6, 6.07) is 31.2. The van der Waals surface area contributed by atoms with Crippen LogP contribution in [0.5, 0.6) is 0 Å². The van der Waals surface area contributed by atoms with Gasteiger partial charge in [0.25, 0.3) is 0 Å². The highest BCUT2D eigenvalue weighted by atomic mass is 14.8. The Labute approximate surface area is 295 Å². The number of fused-ring (bicyclic) bond motifs is 1. The average molecular weight is 653 g/mol. The standard InChI is InChI=1S/C46H44N4/c1-45(2)37-23-39(45)35-25-49-43(41-12-5-7-16-47-41)21-31(35)33(37)19-27-14-15-28-10-9-11-29(30(28)18-27)20-34-32-22-44(42-13-6-8-17-48-42)50-26-36(32)40-24-38(34)46(40,3)4/h5-18,21-22,25-26,33-34,37-40H,19-20,23-24H2,1-4H3/t33-,34-,37-,38-,39+,40+/m1/s1. The van der Waals surface area contributed by atoms with Crippen molar-refractivity contribution in [2.75, 3.05) is 0 Å². The van der Waals surface area contributed by atoms with Gasteiger partial charge in [0.2, 0.25) is 0 Å². The van der Waals surface area contributed by atoms with Gasteiger partial charge in [0.1, 0.15) is 0 Å². The van der Waals surface area contributed by atoms with E-state index in [9.17, 15) is 0 Å². The molecular weight excluding hydrogens is 609 g/mol. The molecular formula is C46H44N4. The van der Waals surface area contributed by atoms with Gasteiger partial charge in [-0.3, -0.25) is 19.9 Å². The predicted molar refractivity (Wildman–Crippen MR) is 201 cm³/mol. The zero-order valence-corrected chi connectivity index (χ0v) is 29.5. The van der Waals surface area contributed by atoms with Crippen molar-refractivity contribution in [3.05, 3.63) is 143 Å². The van der Waals surface area contributed by atoms with Crippen molar-refractivity contribution in [1.29, 1.82) is 0 Å². The number of nitrogens with zero attached hydrogens (tertiary/aromatic N) is 4. The molecule has 0 unspecified atom stereocenters. The molecule has 0 spiro atoms. The highest BCUT2D eigenvalue weighted by molar-refractivity contribution is 5.86. The molecule has 4 heterocycles. The van der Waals surface area contributed by atoms with E-state index in [4.69, 9.17) is 9.97 Å². The number of hydrogen-bond acceptors (Lipinski definition) is 4. The molecule has 12 rings (SSSR count). The van der Waals surface area contributed by atoms with Crippen LogP contribution in [0.25, 0.3) is 33.5 Å². The Morgan fingerprint density at radius 1 is 0.540 bits per heavy atom. The molecule has 6 aromatic rings. The molecule has 4 bridgehead atoms. The lowest BCUT2D eigenvalue weighted by Gasteiger charge is -2.60. The SMILES string of the molecule is CC1(C)[C@@H]2C[C@H]1c1cnc(-c3ccccn3)cc1[C@H]2Cc1ccc2cccc(C[C@@H]3c4cc(-c5ccccn5)ncc4[C@@H]4C[C@H]3C4(C)C)c2c1. The molecule has 2 aromatic carbocycles. The summed E-state index contributed by atoms with van der Waals surface area (Å²) in [5.74, 6) is 3.43. The molecule has 248 valence electrons. The van der Waals surface area contributed by atoms with E-state index >= 15 is 0 Å². The van der Waals surface area contributed by atoms with Gasteiger partial charge in [-0.15, -0.1) is 0 Å². The van der Waals surface area contributed by atoms with Crippen molar-refractivity contribution >= 4 is 10.8 Å². The average Bonchev–Trinajstić information content (AvgIpc) is 3.15. The molecule has 0 saturated heterocycles. The second-order valence-electron chi connectivity index (χ2n) is 16.9. The maximum absolute atomic E-state index is 4.95. The molecule has 6 aliphatic rings. The van der Waals surface area contributed by atoms with E-state index in [1.807, 2.05) is 24.5 Å². The van der Waals surface area contributed by atoms with Crippen LogP contribution >= 0.6 is 0 Å². The van der Waals surface area contributed by atoms with Gasteiger partial charge in [-0.25, -0.2) is 0 Å². The van der Waals surface area contributed by atoms with Crippen LogP contribution in [0, 0.1) is 22.7 Å². The largest absolute Gasteiger partial charge is 0.255 e. The van der Waals surface area contributed by atoms with Crippen LogP contribution in [-0.2, 0) is 12.8 Å². The third-order valence-corrected chi connectivity index (χ3v) is 13.9. The summed E-state index contributed by atoms with van der Waals surface area (Å²) in [6.45, 7) is 9.93. The third-order valence-electron chi connectivity index (χ3n) is 13.9. The minimum atomic E-state index is 0.284. The van der Waals surface area contributed by atoms with Crippen molar-refractivity contribution in [2.45, 2.75) is 77.0 Å². The van der Waals surface area contributed by atoms with Crippen molar-refractivity contribution < 1.29 is 0 Å². The molecule has 50 heavy (non-hydrogen) atoms. The van der Waals surface area contributed by atoms with E-state index in [1.165, 1.54) is 57.0 Å². The first-order chi connectivity index (χ1) is 24.3. The molecule has 0 radical (unpaired) electrons. The molecule has 0 amide bonds. The molecule has 6 aliphatic carbocycles. The van der Waals surface area contributed by atoms with Crippen LogP contribution in [0.4, 0.5) is 0 Å². The number of aromatic nitrogens is 4. The fraction of sp³-hybridized carbons (Fsp3) is 0.348. The van der Waals surface area contributed by atoms with Gasteiger partial charge in [-0.2, -0.15) is 0 Å². The summed E-state index contributed by atoms with van der Waals surface area (Å²) >= 11 is 0. The fourth-order valence-electron chi connectivity index (χ4n) is 11.0. The molecule has 0 aliphatic heterocycles. The minimum Gasteiger partial charge on any atom is -0.255 e. The number of benzene rings is 2. The van der Waals surface area contributed by atoms with Crippen LogP contribution in [0.3, 0.4) is 0 Å². The molecule has 0 N–H and O–H groups in total. The molecule has 4 aromatic heterocycles. The van der Waals surface area contributed by atoms with E-state index < -0.39 is 0 Å². The molecule has 2 saturated carbocycles. The van der Waals surface area contributed by atoms with E-state index in [2.05, 4.69) is 123 Å². The maximum Gasteiger partial charge on any atom is 0.0889 e. The highest BCUT2D eigenvalue weighted by Crippen LogP contribution is 2.68. The predicted octanol–water partition coefficient (Wildman–Crippen LogP) is 10.7. The molecule has 4 heteroatoms. The summed E-state index contributed by atoms with van der Waals surface area (Å²) in [5.41, 5.74) is 13.3. The Hall–Kier alpha value is -4.70. The smallest absolute Gasteiger partial charge is 0.0889 e. The van der Waals surface area contributed by atoms with Crippen LogP contribution in [-0.4, -0.2) is 19.9 Å². The van der Waals surface area contributed by atoms with E-state index in [0.29, 0.717) is 40.9 Å². The first-order valence-electron chi connectivity index (χ1n) is 18.6. The Balaban J connectivity index is 1.02. The lowest BCUT2D eigenvalue weighted by Crippen LogP contribution is -2.51. The molecule has 4 nitrogen and oxygen atoms in total. The summed E-state index contributed by atoms with van der Waals surface area (Å²) in [4.78, 5) is 19.2. The zero-order chi connectivity index (χ0) is 33.8. The van der Waals surface area contributed by atoms with Crippen LogP contribution in [0.2, 0.25) is 0 Å². The van der Waals surface area contributed by atoms with Crippen molar-refractivity contribution in [3.63, 3.8) is 0 Å². The van der Waals surface area contributed by atoms with Crippen LogP contribution in [0.15, 0.2) is 110 Å². The quantitative estimate of drug-likeness (QED) is 0.180.